The third kappa shape index (κ3) is 2.31. The average Bonchev–Trinajstić information content (AvgIpc) is 2.44. The number of amides is 2. The summed E-state index contributed by atoms with van der Waals surface area (Å²) in [5.41, 5.74) is 0.107. The number of halogens is 2. The van der Waals surface area contributed by atoms with Gasteiger partial charge in [0.15, 0.2) is 5.82 Å². The Bertz CT molecular complexity index is 507. The molecule has 0 aromatic heterocycles. The minimum Gasteiger partial charge on any atom is -0.345 e. The summed E-state index contributed by atoms with van der Waals surface area (Å²) in [4.78, 5) is 24.7. The molecular weight excluding hydrogens is 259 g/mol. The third-order valence-electron chi connectivity index (χ3n) is 2.80. The van der Waals surface area contributed by atoms with Crippen LogP contribution in [0.1, 0.15) is 13.3 Å². The summed E-state index contributed by atoms with van der Waals surface area (Å²) in [6.45, 7) is 1.72. The second kappa shape index (κ2) is 4.94. The van der Waals surface area contributed by atoms with E-state index in [-0.39, 0.29) is 35.5 Å². The molecule has 1 saturated heterocycles. The summed E-state index contributed by atoms with van der Waals surface area (Å²) in [6.07, 6.45) is 0.141. The van der Waals surface area contributed by atoms with Crippen molar-refractivity contribution in [1.82, 2.24) is 5.32 Å². The van der Waals surface area contributed by atoms with Crippen molar-refractivity contribution < 1.29 is 14.0 Å². The minimum atomic E-state index is -0.668. The highest BCUT2D eigenvalue weighted by Gasteiger charge is 2.29. The lowest BCUT2D eigenvalue weighted by Gasteiger charge is -2.23. The zero-order chi connectivity index (χ0) is 13.3. The van der Waals surface area contributed by atoms with Crippen LogP contribution >= 0.6 is 11.6 Å². The van der Waals surface area contributed by atoms with E-state index in [0.717, 1.165) is 0 Å². The van der Waals surface area contributed by atoms with Gasteiger partial charge in [0, 0.05) is 13.0 Å². The number of rotatable bonds is 1. The van der Waals surface area contributed by atoms with Crippen LogP contribution in [0.5, 0.6) is 0 Å². The number of carbonyl (C=O) groups excluding carboxylic acids is 2. The van der Waals surface area contributed by atoms with Gasteiger partial charge in [-0.25, -0.2) is 4.39 Å². The van der Waals surface area contributed by atoms with Crippen LogP contribution in [-0.4, -0.2) is 24.4 Å². The highest BCUT2D eigenvalue weighted by Crippen LogP contribution is 2.26. The van der Waals surface area contributed by atoms with Crippen LogP contribution in [0.25, 0.3) is 0 Å². The summed E-state index contributed by atoms with van der Waals surface area (Å²) in [7, 11) is 0. The van der Waals surface area contributed by atoms with E-state index in [0.29, 0.717) is 0 Å². The number of anilines is 1. The largest absolute Gasteiger partial charge is 0.345 e. The molecular formula is C12H12ClFN2O2. The summed E-state index contributed by atoms with van der Waals surface area (Å²) in [5, 5.41) is 2.49. The molecule has 1 aromatic carbocycles. The molecule has 0 saturated carbocycles. The molecule has 6 heteroatoms. The van der Waals surface area contributed by atoms with Crippen molar-refractivity contribution >= 4 is 29.1 Å². The van der Waals surface area contributed by atoms with Crippen molar-refractivity contribution in [3.63, 3.8) is 0 Å². The van der Waals surface area contributed by atoms with Gasteiger partial charge in [0.2, 0.25) is 11.8 Å². The van der Waals surface area contributed by atoms with Crippen LogP contribution in [0.4, 0.5) is 10.1 Å². The van der Waals surface area contributed by atoms with E-state index in [4.69, 9.17) is 11.6 Å². The fourth-order valence-corrected chi connectivity index (χ4v) is 2.04. The topological polar surface area (TPSA) is 49.4 Å². The zero-order valence-electron chi connectivity index (χ0n) is 9.74. The van der Waals surface area contributed by atoms with Crippen molar-refractivity contribution in [2.75, 3.05) is 11.4 Å². The maximum atomic E-state index is 13.9. The Hall–Kier alpha value is -1.62. The van der Waals surface area contributed by atoms with Gasteiger partial charge < -0.3 is 10.2 Å². The normalized spacial score (nSPS) is 20.6. The first kappa shape index (κ1) is 12.8. The van der Waals surface area contributed by atoms with Crippen molar-refractivity contribution in [1.29, 1.82) is 0 Å². The SMILES string of the molecule is CC1NC(=O)CCN(c2cccc(Cl)c2F)C1=O. The van der Waals surface area contributed by atoms with Crippen LogP contribution in [0.2, 0.25) is 5.02 Å². The van der Waals surface area contributed by atoms with Gasteiger partial charge in [-0.15, -0.1) is 0 Å². The number of hydrogen-bond acceptors (Lipinski definition) is 2. The molecule has 1 aromatic rings. The van der Waals surface area contributed by atoms with Gasteiger partial charge in [-0.1, -0.05) is 17.7 Å². The molecule has 1 fully saturated rings. The van der Waals surface area contributed by atoms with E-state index in [1.807, 2.05) is 0 Å². The Labute approximate surface area is 109 Å². The van der Waals surface area contributed by atoms with Crippen LogP contribution < -0.4 is 10.2 Å². The second-order valence-electron chi connectivity index (χ2n) is 4.10. The summed E-state index contributed by atoms with van der Waals surface area (Å²) in [6, 6.07) is 3.79. The fraction of sp³-hybridized carbons (Fsp3) is 0.333. The van der Waals surface area contributed by atoms with Crippen LogP contribution in [-0.2, 0) is 9.59 Å². The molecule has 1 atom stereocenters. The summed E-state index contributed by atoms with van der Waals surface area (Å²) in [5.74, 6) is -1.21. The van der Waals surface area contributed by atoms with Gasteiger partial charge in [-0.05, 0) is 19.1 Å². The molecule has 1 heterocycles. The van der Waals surface area contributed by atoms with E-state index >= 15 is 0 Å². The molecule has 0 aliphatic carbocycles. The number of benzene rings is 1. The summed E-state index contributed by atoms with van der Waals surface area (Å²) >= 11 is 5.69. The number of nitrogens with zero attached hydrogens (tertiary/aromatic N) is 1. The van der Waals surface area contributed by atoms with E-state index in [1.54, 1.807) is 13.0 Å². The molecule has 2 rings (SSSR count). The number of carbonyl (C=O) groups is 2. The molecule has 2 amide bonds. The maximum absolute atomic E-state index is 13.9. The number of nitrogens with one attached hydrogen (secondary N) is 1. The minimum absolute atomic E-state index is 0.0449. The Morgan fingerprint density at radius 3 is 2.89 bits per heavy atom. The Morgan fingerprint density at radius 1 is 1.44 bits per heavy atom. The predicted molar refractivity (Wildman–Crippen MR) is 66.0 cm³/mol. The molecule has 1 N–H and O–H groups in total. The molecule has 1 aliphatic heterocycles. The lowest BCUT2D eigenvalue weighted by atomic mass is 10.2. The highest BCUT2D eigenvalue weighted by atomic mass is 35.5. The van der Waals surface area contributed by atoms with Gasteiger partial charge in [0.05, 0.1) is 10.7 Å². The van der Waals surface area contributed by atoms with E-state index < -0.39 is 11.9 Å². The zero-order valence-corrected chi connectivity index (χ0v) is 10.5. The molecule has 1 unspecified atom stereocenters. The fourth-order valence-electron chi connectivity index (χ4n) is 1.87. The molecule has 0 bridgehead atoms. The Kier molecular flexibility index (Phi) is 3.52. The quantitative estimate of drug-likeness (QED) is 0.845. The van der Waals surface area contributed by atoms with Crippen molar-refractivity contribution in [3.8, 4) is 0 Å². The van der Waals surface area contributed by atoms with Crippen molar-refractivity contribution in [2.45, 2.75) is 19.4 Å². The average molecular weight is 271 g/mol. The molecule has 18 heavy (non-hydrogen) atoms. The predicted octanol–water partition coefficient (Wildman–Crippen LogP) is 1.72. The molecule has 96 valence electrons. The van der Waals surface area contributed by atoms with Gasteiger partial charge in [0.25, 0.3) is 0 Å². The van der Waals surface area contributed by atoms with Crippen molar-refractivity contribution in [2.24, 2.45) is 0 Å². The summed E-state index contributed by atoms with van der Waals surface area (Å²) < 4.78 is 13.9. The van der Waals surface area contributed by atoms with Gasteiger partial charge in [-0.3, -0.25) is 9.59 Å². The first-order valence-electron chi connectivity index (χ1n) is 5.55. The first-order valence-corrected chi connectivity index (χ1v) is 5.93. The first-order chi connectivity index (χ1) is 8.50. The molecule has 0 spiro atoms. The van der Waals surface area contributed by atoms with Crippen LogP contribution in [0.3, 0.4) is 0 Å². The molecule has 1 aliphatic rings. The highest BCUT2D eigenvalue weighted by molar-refractivity contribution is 6.31. The Balaban J connectivity index is 2.39. The Morgan fingerprint density at radius 2 is 2.17 bits per heavy atom. The second-order valence-corrected chi connectivity index (χ2v) is 4.51. The standard InChI is InChI=1S/C12H12ClFN2O2/c1-7-12(18)16(6-5-10(17)15-7)9-4-2-3-8(13)11(9)14/h2-4,7H,5-6H2,1H3,(H,15,17). The van der Waals surface area contributed by atoms with Gasteiger partial charge in [0.1, 0.15) is 6.04 Å². The van der Waals surface area contributed by atoms with Crippen LogP contribution in [0, 0.1) is 5.82 Å². The van der Waals surface area contributed by atoms with Gasteiger partial charge in [-0.2, -0.15) is 0 Å². The van der Waals surface area contributed by atoms with Gasteiger partial charge >= 0.3 is 0 Å². The lowest BCUT2D eigenvalue weighted by molar-refractivity contribution is -0.125. The van der Waals surface area contributed by atoms with E-state index in [2.05, 4.69) is 5.32 Å². The maximum Gasteiger partial charge on any atom is 0.249 e. The third-order valence-corrected chi connectivity index (χ3v) is 3.09. The van der Waals surface area contributed by atoms with E-state index in [1.165, 1.54) is 17.0 Å². The molecule has 4 nitrogen and oxygen atoms in total. The molecule has 0 radical (unpaired) electrons. The smallest absolute Gasteiger partial charge is 0.249 e. The van der Waals surface area contributed by atoms with E-state index in [9.17, 15) is 14.0 Å². The van der Waals surface area contributed by atoms with Crippen molar-refractivity contribution in [3.05, 3.63) is 29.0 Å². The van der Waals surface area contributed by atoms with Crippen LogP contribution in [0.15, 0.2) is 18.2 Å². The number of hydrogen-bond donors (Lipinski definition) is 1. The lowest BCUT2D eigenvalue weighted by Crippen LogP contribution is -2.43. The monoisotopic (exact) mass is 270 g/mol.